The number of ether oxygens (including phenoxy) is 2. The van der Waals surface area contributed by atoms with Crippen LogP contribution in [0.2, 0.25) is 0 Å². The molecule has 0 aliphatic rings. The van der Waals surface area contributed by atoms with Gasteiger partial charge in [-0.3, -0.25) is 0 Å². The Morgan fingerprint density at radius 3 is 2.45 bits per heavy atom. The molecule has 0 radical (unpaired) electrons. The van der Waals surface area contributed by atoms with Crippen molar-refractivity contribution in [3.8, 4) is 11.5 Å². The van der Waals surface area contributed by atoms with Crippen molar-refractivity contribution in [1.82, 2.24) is 15.3 Å². The molecule has 38 heavy (non-hydrogen) atoms. The first-order chi connectivity index (χ1) is 18.4. The van der Waals surface area contributed by atoms with E-state index in [-0.39, 0.29) is 5.75 Å². The standard InChI is InChI=1S/C29H34N4O4S/c1-36-28-19-27-26(18-23(28)10-6-7-15-30-16-17-38(2,34)35)29(32-21-31-27)33-24-11-13-25(14-12-24)37-20-22-8-4-3-5-9-22/h3-5,8-9,11-14,18-19,21,30H,6-7,10,15-17,20H2,1-2H3,(H,31,32,33). The molecule has 0 atom stereocenters. The highest BCUT2D eigenvalue weighted by Gasteiger charge is 2.11. The fourth-order valence-electron chi connectivity index (χ4n) is 4.07. The summed E-state index contributed by atoms with van der Waals surface area (Å²) in [4.78, 5) is 8.93. The van der Waals surface area contributed by atoms with Crippen LogP contribution in [-0.4, -0.2) is 50.6 Å². The molecule has 0 saturated carbocycles. The third kappa shape index (κ3) is 8.16. The van der Waals surface area contributed by atoms with Gasteiger partial charge in [0.1, 0.15) is 40.1 Å². The summed E-state index contributed by atoms with van der Waals surface area (Å²) in [5.74, 6) is 2.47. The molecule has 3 aromatic carbocycles. The predicted molar refractivity (Wildman–Crippen MR) is 152 cm³/mol. The zero-order chi connectivity index (χ0) is 26.8. The third-order valence-electron chi connectivity index (χ3n) is 6.10. The summed E-state index contributed by atoms with van der Waals surface area (Å²) >= 11 is 0. The van der Waals surface area contributed by atoms with Crippen LogP contribution in [0.4, 0.5) is 11.5 Å². The van der Waals surface area contributed by atoms with Crippen molar-refractivity contribution in [1.29, 1.82) is 0 Å². The molecule has 0 aliphatic carbocycles. The first-order valence-corrected chi connectivity index (χ1v) is 14.7. The van der Waals surface area contributed by atoms with E-state index in [1.54, 1.807) is 13.4 Å². The first kappa shape index (κ1) is 27.3. The molecule has 1 heterocycles. The van der Waals surface area contributed by atoms with Crippen molar-refractivity contribution in [3.63, 3.8) is 0 Å². The number of nitrogens with one attached hydrogen (secondary N) is 2. The summed E-state index contributed by atoms with van der Waals surface area (Å²) < 4.78 is 34.0. The SMILES string of the molecule is COc1cc2ncnc(Nc3ccc(OCc4ccccc4)cc3)c2cc1CCCCNCCS(C)(=O)=O. The molecular formula is C29H34N4O4S. The smallest absolute Gasteiger partial charge is 0.148 e. The van der Waals surface area contributed by atoms with E-state index < -0.39 is 9.84 Å². The van der Waals surface area contributed by atoms with Gasteiger partial charge in [0.2, 0.25) is 0 Å². The number of hydrogen-bond acceptors (Lipinski definition) is 8. The maximum atomic E-state index is 11.2. The first-order valence-electron chi connectivity index (χ1n) is 12.7. The van der Waals surface area contributed by atoms with E-state index in [2.05, 4.69) is 26.7 Å². The molecule has 0 unspecified atom stereocenters. The Morgan fingerprint density at radius 2 is 1.71 bits per heavy atom. The van der Waals surface area contributed by atoms with Crippen molar-refractivity contribution < 1.29 is 17.9 Å². The minimum absolute atomic E-state index is 0.157. The topological polar surface area (TPSA) is 102 Å². The van der Waals surface area contributed by atoms with E-state index >= 15 is 0 Å². The van der Waals surface area contributed by atoms with Crippen molar-refractivity contribution in [2.45, 2.75) is 25.9 Å². The Balaban J connectivity index is 1.39. The average molecular weight is 535 g/mol. The maximum Gasteiger partial charge on any atom is 0.148 e. The van der Waals surface area contributed by atoms with Gasteiger partial charge in [0.05, 0.1) is 18.4 Å². The van der Waals surface area contributed by atoms with Gasteiger partial charge in [0.25, 0.3) is 0 Å². The van der Waals surface area contributed by atoms with Gasteiger partial charge >= 0.3 is 0 Å². The van der Waals surface area contributed by atoms with Gasteiger partial charge in [0, 0.05) is 29.9 Å². The second-order valence-electron chi connectivity index (χ2n) is 9.16. The Bertz CT molecular complexity index is 1430. The van der Waals surface area contributed by atoms with Crippen LogP contribution in [0.5, 0.6) is 11.5 Å². The number of aryl methyl sites for hydroxylation is 1. The average Bonchev–Trinajstić information content (AvgIpc) is 2.92. The molecule has 0 saturated heterocycles. The summed E-state index contributed by atoms with van der Waals surface area (Å²) in [6.07, 6.45) is 5.50. The van der Waals surface area contributed by atoms with Crippen molar-refractivity contribution in [3.05, 3.63) is 84.2 Å². The Labute approximate surface area is 224 Å². The maximum absolute atomic E-state index is 11.2. The van der Waals surface area contributed by atoms with Crippen LogP contribution < -0.4 is 20.1 Å². The summed E-state index contributed by atoms with van der Waals surface area (Å²) in [5, 5.41) is 7.52. The van der Waals surface area contributed by atoms with Crippen LogP contribution in [0.15, 0.2) is 73.1 Å². The van der Waals surface area contributed by atoms with Gasteiger partial charge in [-0.25, -0.2) is 18.4 Å². The number of nitrogens with zero attached hydrogens (tertiary/aromatic N) is 2. The number of benzene rings is 3. The molecule has 4 rings (SSSR count). The van der Waals surface area contributed by atoms with E-state index in [1.165, 1.54) is 6.26 Å². The molecule has 0 fully saturated rings. The summed E-state index contributed by atoms with van der Waals surface area (Å²) in [6.45, 7) is 1.77. The van der Waals surface area contributed by atoms with Gasteiger partial charge in [-0.15, -0.1) is 0 Å². The number of sulfone groups is 1. The van der Waals surface area contributed by atoms with Gasteiger partial charge in [-0.1, -0.05) is 30.3 Å². The fourth-order valence-corrected chi connectivity index (χ4v) is 4.59. The number of fused-ring (bicyclic) bond motifs is 1. The molecule has 0 amide bonds. The highest BCUT2D eigenvalue weighted by molar-refractivity contribution is 7.90. The summed E-state index contributed by atoms with van der Waals surface area (Å²) in [7, 11) is -1.27. The van der Waals surface area contributed by atoms with Gasteiger partial charge in [-0.2, -0.15) is 0 Å². The lowest BCUT2D eigenvalue weighted by Crippen LogP contribution is -2.23. The quantitative estimate of drug-likeness (QED) is 0.220. The van der Waals surface area contributed by atoms with Crippen LogP contribution in [0, 0.1) is 0 Å². The number of rotatable bonds is 14. The van der Waals surface area contributed by atoms with Crippen LogP contribution in [-0.2, 0) is 22.9 Å². The molecule has 9 heteroatoms. The lowest BCUT2D eigenvalue weighted by atomic mass is 10.0. The largest absolute Gasteiger partial charge is 0.496 e. The van der Waals surface area contributed by atoms with Gasteiger partial charge in [0.15, 0.2) is 0 Å². The second-order valence-corrected chi connectivity index (χ2v) is 11.4. The van der Waals surface area contributed by atoms with E-state index in [9.17, 15) is 8.42 Å². The summed E-state index contributed by atoms with van der Waals surface area (Å²) in [6, 6.07) is 21.9. The number of anilines is 2. The minimum atomic E-state index is -2.93. The second kappa shape index (κ2) is 13.2. The zero-order valence-corrected chi connectivity index (χ0v) is 22.6. The molecule has 8 nitrogen and oxygen atoms in total. The predicted octanol–water partition coefficient (Wildman–Crippen LogP) is 4.92. The lowest BCUT2D eigenvalue weighted by Gasteiger charge is -2.13. The molecule has 1 aromatic heterocycles. The van der Waals surface area contributed by atoms with E-state index in [0.29, 0.717) is 13.2 Å². The van der Waals surface area contributed by atoms with E-state index in [4.69, 9.17) is 9.47 Å². The normalized spacial score (nSPS) is 11.4. The van der Waals surface area contributed by atoms with Crippen molar-refractivity contribution in [2.24, 2.45) is 0 Å². The zero-order valence-electron chi connectivity index (χ0n) is 21.8. The van der Waals surface area contributed by atoms with E-state index in [1.807, 2.05) is 60.7 Å². The Hall–Kier alpha value is -3.69. The highest BCUT2D eigenvalue weighted by atomic mass is 32.2. The molecule has 4 aromatic rings. The number of methoxy groups -OCH3 is 1. The molecule has 0 aliphatic heterocycles. The van der Waals surface area contributed by atoms with Crippen LogP contribution >= 0.6 is 0 Å². The monoisotopic (exact) mass is 534 g/mol. The van der Waals surface area contributed by atoms with Gasteiger partial charge < -0.3 is 20.1 Å². The molecule has 2 N–H and O–H groups in total. The molecular weight excluding hydrogens is 500 g/mol. The lowest BCUT2D eigenvalue weighted by molar-refractivity contribution is 0.306. The Morgan fingerprint density at radius 1 is 0.921 bits per heavy atom. The fraction of sp³-hybridized carbons (Fsp3) is 0.310. The Kier molecular flexibility index (Phi) is 9.51. The third-order valence-corrected chi connectivity index (χ3v) is 7.05. The van der Waals surface area contributed by atoms with Gasteiger partial charge in [-0.05, 0) is 67.3 Å². The van der Waals surface area contributed by atoms with E-state index in [0.717, 1.165) is 70.8 Å². The molecule has 0 bridgehead atoms. The van der Waals surface area contributed by atoms with Crippen molar-refractivity contribution in [2.75, 3.05) is 37.5 Å². The molecule has 0 spiro atoms. The summed E-state index contributed by atoms with van der Waals surface area (Å²) in [5.41, 5.74) is 3.90. The minimum Gasteiger partial charge on any atom is -0.496 e. The van der Waals surface area contributed by atoms with Crippen LogP contribution in [0.25, 0.3) is 10.9 Å². The van der Waals surface area contributed by atoms with Crippen molar-refractivity contribution >= 4 is 32.2 Å². The van der Waals surface area contributed by atoms with Crippen LogP contribution in [0.3, 0.4) is 0 Å². The van der Waals surface area contributed by atoms with Crippen LogP contribution in [0.1, 0.15) is 24.0 Å². The number of aromatic nitrogens is 2. The number of unbranched alkanes of at least 4 members (excludes halogenated alkanes) is 1. The number of hydrogen-bond donors (Lipinski definition) is 2. The molecule has 200 valence electrons. The highest BCUT2D eigenvalue weighted by Crippen LogP contribution is 2.31.